The van der Waals surface area contributed by atoms with Gasteiger partial charge >= 0.3 is 0 Å². The van der Waals surface area contributed by atoms with Crippen LogP contribution in [0, 0.1) is 0 Å². The number of rotatable bonds is 6. The van der Waals surface area contributed by atoms with E-state index in [2.05, 4.69) is 162 Å². The molecule has 2 heterocycles. The van der Waals surface area contributed by atoms with E-state index in [-0.39, 0.29) is 0 Å². The van der Waals surface area contributed by atoms with Crippen LogP contribution in [-0.2, 0) is 0 Å². The number of nitrogens with zero attached hydrogens (tertiary/aromatic N) is 4. The van der Waals surface area contributed by atoms with E-state index in [9.17, 15) is 0 Å². The maximum atomic E-state index is 5.02. The van der Waals surface area contributed by atoms with Gasteiger partial charge in [-0.3, -0.25) is 0 Å². The Morgan fingerprint density at radius 3 is 1.23 bits per heavy atom. The highest BCUT2D eigenvalue weighted by atomic mass is 15.0. The van der Waals surface area contributed by atoms with Gasteiger partial charge < -0.3 is 4.57 Å². The zero-order valence-corrected chi connectivity index (χ0v) is 33.1. The van der Waals surface area contributed by atoms with Crippen molar-refractivity contribution in [2.24, 2.45) is 0 Å². The molecular formula is C57H36N4. The van der Waals surface area contributed by atoms with Gasteiger partial charge in [0.2, 0.25) is 0 Å². The molecule has 0 amide bonds. The molecule has 0 bridgehead atoms. The Kier molecular flexibility index (Phi) is 8.13. The van der Waals surface area contributed by atoms with Crippen molar-refractivity contribution in [2.45, 2.75) is 0 Å². The van der Waals surface area contributed by atoms with Crippen LogP contribution in [-0.4, -0.2) is 19.5 Å². The lowest BCUT2D eigenvalue weighted by Gasteiger charge is -2.19. The third-order valence-electron chi connectivity index (χ3n) is 12.0. The fourth-order valence-electron chi connectivity index (χ4n) is 9.24. The van der Waals surface area contributed by atoms with Gasteiger partial charge in [0.15, 0.2) is 17.5 Å². The highest BCUT2D eigenvalue weighted by Gasteiger charge is 2.20. The fraction of sp³-hybridized carbons (Fsp3) is 0. The van der Waals surface area contributed by atoms with E-state index in [0.29, 0.717) is 17.5 Å². The summed E-state index contributed by atoms with van der Waals surface area (Å²) in [7, 11) is 0. The molecular weight excluding hydrogens is 741 g/mol. The summed E-state index contributed by atoms with van der Waals surface area (Å²) >= 11 is 0. The van der Waals surface area contributed by atoms with E-state index in [4.69, 9.17) is 15.0 Å². The summed E-state index contributed by atoms with van der Waals surface area (Å²) in [6.07, 6.45) is 0. The highest BCUT2D eigenvalue weighted by molar-refractivity contribution is 6.22. The van der Waals surface area contributed by atoms with E-state index in [1.807, 2.05) is 60.7 Å². The number of para-hydroxylation sites is 1. The maximum absolute atomic E-state index is 5.02. The van der Waals surface area contributed by atoms with Crippen molar-refractivity contribution < 1.29 is 0 Å². The van der Waals surface area contributed by atoms with Crippen LogP contribution in [0.1, 0.15) is 0 Å². The summed E-state index contributed by atoms with van der Waals surface area (Å²) < 4.78 is 2.43. The van der Waals surface area contributed by atoms with E-state index < -0.39 is 0 Å². The van der Waals surface area contributed by atoms with Crippen molar-refractivity contribution in [1.82, 2.24) is 19.5 Å². The second-order valence-electron chi connectivity index (χ2n) is 15.5. The smallest absolute Gasteiger partial charge is 0.164 e. The molecule has 0 saturated carbocycles. The Hall–Kier alpha value is -8.21. The van der Waals surface area contributed by atoms with Gasteiger partial charge in [0.25, 0.3) is 0 Å². The Morgan fingerprint density at radius 1 is 0.262 bits per heavy atom. The van der Waals surface area contributed by atoms with Crippen molar-refractivity contribution in [1.29, 1.82) is 0 Å². The second kappa shape index (κ2) is 14.3. The summed E-state index contributed by atoms with van der Waals surface area (Å²) in [5, 5.41) is 9.88. The molecule has 10 aromatic carbocycles. The van der Waals surface area contributed by atoms with Gasteiger partial charge in [0.05, 0.1) is 11.0 Å². The molecule has 0 saturated heterocycles. The second-order valence-corrected chi connectivity index (χ2v) is 15.5. The van der Waals surface area contributed by atoms with Crippen LogP contribution >= 0.6 is 0 Å². The van der Waals surface area contributed by atoms with Crippen LogP contribution in [0.5, 0.6) is 0 Å². The van der Waals surface area contributed by atoms with Gasteiger partial charge in [-0.15, -0.1) is 0 Å². The van der Waals surface area contributed by atoms with Crippen LogP contribution < -0.4 is 0 Å². The first-order valence-electron chi connectivity index (χ1n) is 20.7. The van der Waals surface area contributed by atoms with E-state index in [1.165, 1.54) is 65.3 Å². The minimum atomic E-state index is 0.635. The van der Waals surface area contributed by atoms with Gasteiger partial charge in [-0.25, -0.2) is 15.0 Å². The van der Waals surface area contributed by atoms with Crippen molar-refractivity contribution >= 4 is 54.1 Å². The molecule has 0 aliphatic heterocycles. The van der Waals surface area contributed by atoms with Crippen molar-refractivity contribution in [3.05, 3.63) is 218 Å². The highest BCUT2D eigenvalue weighted by Crippen LogP contribution is 2.45. The zero-order valence-electron chi connectivity index (χ0n) is 33.1. The standard InChI is InChI=1S/C57H36N4/c1-3-16-40(17-4-1)55-58-56(41-18-5-2-6-19-41)60-57(59-55)42-29-27-38(28-30-42)52-48-24-11-9-21-45(48)46-22-10-12-25-49(46)53(52)39-31-34-43(35-32-39)61-51-26-14-13-23-47(51)50-36-33-37-15-7-8-20-44(37)54(50)61/h1-36H. The predicted octanol–water partition coefficient (Wildman–Crippen LogP) is 14.8. The summed E-state index contributed by atoms with van der Waals surface area (Å²) in [6.45, 7) is 0. The largest absolute Gasteiger partial charge is 0.309 e. The summed E-state index contributed by atoms with van der Waals surface area (Å²) in [5.41, 5.74) is 11.1. The van der Waals surface area contributed by atoms with Crippen molar-refractivity contribution in [2.75, 3.05) is 0 Å². The SMILES string of the molecule is c1ccc(-c2nc(-c3ccccc3)nc(-c3ccc(-c4c(-c5ccc(-n6c7ccccc7c7ccc8ccccc8c76)cc5)c5ccccc5c5ccccc45)cc3)n2)cc1. The first-order valence-corrected chi connectivity index (χ1v) is 20.7. The van der Waals surface area contributed by atoms with Gasteiger partial charge in [0.1, 0.15) is 0 Å². The molecule has 0 aliphatic rings. The van der Waals surface area contributed by atoms with Gasteiger partial charge in [-0.05, 0) is 67.4 Å². The van der Waals surface area contributed by atoms with Crippen LogP contribution in [0.15, 0.2) is 218 Å². The lowest BCUT2D eigenvalue weighted by Crippen LogP contribution is -2.00. The number of hydrogen-bond donors (Lipinski definition) is 0. The summed E-state index contributed by atoms with van der Waals surface area (Å²) in [5.74, 6) is 1.93. The van der Waals surface area contributed by atoms with Gasteiger partial charge in [-0.2, -0.15) is 0 Å². The van der Waals surface area contributed by atoms with Crippen LogP contribution in [0.2, 0.25) is 0 Å². The lowest BCUT2D eigenvalue weighted by molar-refractivity contribution is 1.07. The molecule has 12 rings (SSSR count). The number of benzene rings is 10. The molecule has 0 N–H and O–H groups in total. The normalized spacial score (nSPS) is 11.6. The molecule has 0 aliphatic carbocycles. The minimum absolute atomic E-state index is 0.635. The number of hydrogen-bond acceptors (Lipinski definition) is 3. The predicted molar refractivity (Wildman–Crippen MR) is 254 cm³/mol. The van der Waals surface area contributed by atoms with Crippen LogP contribution in [0.25, 0.3) is 116 Å². The molecule has 4 nitrogen and oxygen atoms in total. The van der Waals surface area contributed by atoms with E-state index in [1.54, 1.807) is 0 Å². The van der Waals surface area contributed by atoms with Gasteiger partial charge in [-0.1, -0.05) is 200 Å². The topological polar surface area (TPSA) is 43.6 Å². The van der Waals surface area contributed by atoms with Gasteiger partial charge in [0, 0.05) is 38.5 Å². The number of fused-ring (bicyclic) bond motifs is 8. The van der Waals surface area contributed by atoms with Crippen LogP contribution in [0.4, 0.5) is 0 Å². The molecule has 61 heavy (non-hydrogen) atoms. The Balaban J connectivity index is 1.03. The van der Waals surface area contributed by atoms with E-state index in [0.717, 1.165) is 33.5 Å². The minimum Gasteiger partial charge on any atom is -0.309 e. The third kappa shape index (κ3) is 5.80. The molecule has 12 aromatic rings. The Bertz CT molecular complexity index is 3550. The molecule has 0 radical (unpaired) electrons. The van der Waals surface area contributed by atoms with Crippen molar-refractivity contribution in [3.63, 3.8) is 0 Å². The Morgan fingerprint density at radius 2 is 0.672 bits per heavy atom. The quantitative estimate of drug-likeness (QED) is 0.158. The molecule has 0 atom stereocenters. The zero-order chi connectivity index (χ0) is 40.3. The van der Waals surface area contributed by atoms with Crippen LogP contribution in [0.3, 0.4) is 0 Å². The summed E-state index contributed by atoms with van der Waals surface area (Å²) in [4.78, 5) is 14.9. The number of aromatic nitrogens is 4. The first kappa shape index (κ1) is 34.8. The Labute approximate surface area is 352 Å². The molecule has 0 unspecified atom stereocenters. The maximum Gasteiger partial charge on any atom is 0.164 e. The first-order chi connectivity index (χ1) is 30.3. The average molecular weight is 777 g/mol. The van der Waals surface area contributed by atoms with Crippen molar-refractivity contribution in [3.8, 4) is 62.1 Å². The molecule has 2 aromatic heterocycles. The lowest BCUT2D eigenvalue weighted by atomic mass is 9.85. The monoisotopic (exact) mass is 776 g/mol. The fourth-order valence-corrected chi connectivity index (χ4v) is 9.24. The molecule has 284 valence electrons. The third-order valence-corrected chi connectivity index (χ3v) is 12.0. The average Bonchev–Trinajstić information content (AvgIpc) is 3.69. The van der Waals surface area contributed by atoms with E-state index >= 15 is 0 Å². The summed E-state index contributed by atoms with van der Waals surface area (Å²) in [6, 6.07) is 77.7. The molecule has 0 fully saturated rings. The molecule has 0 spiro atoms. The molecule has 4 heteroatoms.